The molecule has 0 unspecified atom stereocenters. The molecule has 0 spiro atoms. The smallest absolute Gasteiger partial charge is 0.0756 e. The fourth-order valence-electron chi connectivity index (χ4n) is 7.62. The highest BCUT2D eigenvalue weighted by molar-refractivity contribution is 6.24. The van der Waals surface area contributed by atoms with Gasteiger partial charge in [-0.15, -0.1) is 0 Å². The molecular formula is C42H29N. The van der Waals surface area contributed by atoms with Crippen LogP contribution in [0.1, 0.15) is 25.0 Å². The lowest BCUT2D eigenvalue weighted by Crippen LogP contribution is -2.24. The predicted octanol–water partition coefficient (Wildman–Crippen LogP) is 11.3. The van der Waals surface area contributed by atoms with Crippen molar-refractivity contribution in [2.75, 3.05) is 0 Å². The Balaban J connectivity index is 1.42. The SMILES string of the molecule is CC1(C)c2cc3ccccc3nc2-c2cccc3c(-c4c5ccccc5c(-c5ccccc5)c5ccccc45)ccc1c23. The maximum absolute atomic E-state index is 5.28. The van der Waals surface area contributed by atoms with E-state index in [2.05, 4.69) is 153 Å². The van der Waals surface area contributed by atoms with Crippen LogP contribution in [0.5, 0.6) is 0 Å². The second-order valence-corrected chi connectivity index (χ2v) is 12.3. The summed E-state index contributed by atoms with van der Waals surface area (Å²) in [4.78, 5) is 5.28. The summed E-state index contributed by atoms with van der Waals surface area (Å²) in [6.45, 7) is 4.71. The molecule has 0 atom stereocenters. The molecule has 9 rings (SSSR count). The van der Waals surface area contributed by atoms with E-state index < -0.39 is 0 Å². The molecule has 0 N–H and O–H groups in total. The van der Waals surface area contributed by atoms with E-state index in [0.717, 1.165) is 11.2 Å². The van der Waals surface area contributed by atoms with Crippen LogP contribution in [-0.4, -0.2) is 4.98 Å². The highest BCUT2D eigenvalue weighted by Gasteiger charge is 2.35. The lowest BCUT2D eigenvalue weighted by molar-refractivity contribution is 0.643. The summed E-state index contributed by atoms with van der Waals surface area (Å²) < 4.78 is 0. The molecule has 8 aromatic rings. The summed E-state index contributed by atoms with van der Waals surface area (Å²) in [6, 6.07) is 51.1. The zero-order chi connectivity index (χ0) is 28.7. The van der Waals surface area contributed by atoms with Crippen molar-refractivity contribution in [3.8, 4) is 33.5 Å². The average Bonchev–Trinajstić information content (AvgIpc) is 3.06. The van der Waals surface area contributed by atoms with Gasteiger partial charge in [0.2, 0.25) is 0 Å². The van der Waals surface area contributed by atoms with Crippen molar-refractivity contribution in [2.24, 2.45) is 0 Å². The van der Waals surface area contributed by atoms with Gasteiger partial charge in [0, 0.05) is 16.4 Å². The predicted molar refractivity (Wildman–Crippen MR) is 183 cm³/mol. The first-order valence-electron chi connectivity index (χ1n) is 15.1. The van der Waals surface area contributed by atoms with Gasteiger partial charge in [0.15, 0.2) is 0 Å². The molecule has 1 aromatic heterocycles. The molecular weight excluding hydrogens is 518 g/mol. The molecule has 202 valence electrons. The van der Waals surface area contributed by atoms with Gasteiger partial charge in [0.1, 0.15) is 0 Å². The molecule has 43 heavy (non-hydrogen) atoms. The van der Waals surface area contributed by atoms with Crippen LogP contribution in [0, 0.1) is 0 Å². The molecule has 0 saturated heterocycles. The van der Waals surface area contributed by atoms with Gasteiger partial charge >= 0.3 is 0 Å². The quantitative estimate of drug-likeness (QED) is 0.196. The van der Waals surface area contributed by atoms with Gasteiger partial charge in [-0.3, -0.25) is 0 Å². The Morgan fingerprint density at radius 3 is 1.79 bits per heavy atom. The average molecular weight is 548 g/mol. The maximum Gasteiger partial charge on any atom is 0.0756 e. The van der Waals surface area contributed by atoms with Crippen molar-refractivity contribution in [2.45, 2.75) is 19.3 Å². The number of benzene rings is 7. The summed E-state index contributed by atoms with van der Waals surface area (Å²) in [5.41, 5.74) is 11.0. The third kappa shape index (κ3) is 3.37. The summed E-state index contributed by atoms with van der Waals surface area (Å²) in [5, 5.41) is 8.91. The molecule has 1 heterocycles. The normalized spacial score (nSPS) is 13.5. The summed E-state index contributed by atoms with van der Waals surface area (Å²) in [6.07, 6.45) is 0. The highest BCUT2D eigenvalue weighted by Crippen LogP contribution is 2.52. The number of hydrogen-bond acceptors (Lipinski definition) is 1. The fourth-order valence-corrected chi connectivity index (χ4v) is 7.62. The number of pyridine rings is 1. The van der Waals surface area contributed by atoms with Gasteiger partial charge in [-0.25, -0.2) is 4.98 Å². The number of nitrogens with zero attached hydrogens (tertiary/aromatic N) is 1. The monoisotopic (exact) mass is 547 g/mol. The van der Waals surface area contributed by atoms with E-state index in [1.165, 1.54) is 76.6 Å². The molecule has 1 heteroatoms. The number of aromatic nitrogens is 1. The van der Waals surface area contributed by atoms with Gasteiger partial charge in [0.25, 0.3) is 0 Å². The van der Waals surface area contributed by atoms with E-state index >= 15 is 0 Å². The van der Waals surface area contributed by atoms with E-state index in [4.69, 9.17) is 4.98 Å². The first-order chi connectivity index (χ1) is 21.1. The van der Waals surface area contributed by atoms with Crippen LogP contribution in [-0.2, 0) is 5.41 Å². The van der Waals surface area contributed by atoms with Gasteiger partial charge in [-0.1, -0.05) is 141 Å². The summed E-state index contributed by atoms with van der Waals surface area (Å²) in [5.74, 6) is 0. The van der Waals surface area contributed by atoms with E-state index in [0.29, 0.717) is 0 Å². The van der Waals surface area contributed by atoms with Crippen LogP contribution < -0.4 is 0 Å². The molecule has 0 fully saturated rings. The van der Waals surface area contributed by atoms with Crippen molar-refractivity contribution in [1.82, 2.24) is 4.98 Å². The third-order valence-corrected chi connectivity index (χ3v) is 9.63. The zero-order valence-corrected chi connectivity index (χ0v) is 24.2. The Labute approximate surface area is 251 Å². The highest BCUT2D eigenvalue weighted by atomic mass is 14.7. The van der Waals surface area contributed by atoms with E-state index in [-0.39, 0.29) is 5.41 Å². The Morgan fingerprint density at radius 2 is 1.07 bits per heavy atom. The Morgan fingerprint density at radius 1 is 0.465 bits per heavy atom. The second kappa shape index (κ2) is 8.86. The van der Waals surface area contributed by atoms with Crippen molar-refractivity contribution in [1.29, 1.82) is 0 Å². The molecule has 1 aliphatic rings. The van der Waals surface area contributed by atoms with Crippen LogP contribution in [0.25, 0.3) is 76.7 Å². The first-order valence-corrected chi connectivity index (χ1v) is 15.1. The Kier molecular flexibility index (Phi) is 5.02. The van der Waals surface area contributed by atoms with Crippen molar-refractivity contribution < 1.29 is 0 Å². The molecule has 1 nitrogen and oxygen atoms in total. The third-order valence-electron chi connectivity index (χ3n) is 9.63. The van der Waals surface area contributed by atoms with Crippen LogP contribution in [0.15, 0.2) is 140 Å². The van der Waals surface area contributed by atoms with E-state index in [9.17, 15) is 0 Å². The molecule has 7 aromatic carbocycles. The van der Waals surface area contributed by atoms with Crippen LogP contribution in [0.2, 0.25) is 0 Å². The fraction of sp³-hybridized carbons (Fsp3) is 0.0714. The molecule has 1 aliphatic carbocycles. The van der Waals surface area contributed by atoms with Crippen LogP contribution in [0.4, 0.5) is 0 Å². The Hall–Kier alpha value is -5.27. The summed E-state index contributed by atoms with van der Waals surface area (Å²) in [7, 11) is 0. The molecule has 0 amide bonds. The topological polar surface area (TPSA) is 12.9 Å². The zero-order valence-electron chi connectivity index (χ0n) is 24.2. The van der Waals surface area contributed by atoms with Gasteiger partial charge < -0.3 is 0 Å². The number of hydrogen-bond donors (Lipinski definition) is 0. The number of para-hydroxylation sites is 1. The maximum atomic E-state index is 5.28. The number of rotatable bonds is 2. The second-order valence-electron chi connectivity index (χ2n) is 12.3. The van der Waals surface area contributed by atoms with Crippen molar-refractivity contribution in [3.63, 3.8) is 0 Å². The largest absolute Gasteiger partial charge is 0.247 e. The van der Waals surface area contributed by atoms with Crippen molar-refractivity contribution in [3.05, 3.63) is 151 Å². The lowest BCUT2D eigenvalue weighted by Gasteiger charge is -2.35. The van der Waals surface area contributed by atoms with Gasteiger partial charge in [0.05, 0.1) is 11.2 Å². The Bertz CT molecular complexity index is 2360. The lowest BCUT2D eigenvalue weighted by atomic mass is 9.69. The minimum Gasteiger partial charge on any atom is -0.247 e. The van der Waals surface area contributed by atoms with Gasteiger partial charge in [-0.2, -0.15) is 0 Å². The van der Waals surface area contributed by atoms with Gasteiger partial charge in [-0.05, 0) is 77.8 Å². The minimum atomic E-state index is -0.182. The number of fused-ring (bicyclic) bond motifs is 5. The molecule has 0 saturated carbocycles. The minimum absolute atomic E-state index is 0.182. The van der Waals surface area contributed by atoms with Crippen LogP contribution in [0.3, 0.4) is 0 Å². The van der Waals surface area contributed by atoms with E-state index in [1.54, 1.807) is 0 Å². The standard InChI is InChI=1S/C42H29N/c1-42(2)35-24-23-33(32-20-12-21-34(40(32)35)41-36(42)25-27-15-6-11-22-37(27)43-41)39-30-18-9-7-16-28(30)38(26-13-4-3-5-14-26)29-17-8-10-19-31(29)39/h3-25H,1-2H3. The molecule has 0 radical (unpaired) electrons. The van der Waals surface area contributed by atoms with E-state index in [1.807, 2.05) is 0 Å². The molecule has 0 bridgehead atoms. The first kappa shape index (κ1) is 24.3. The van der Waals surface area contributed by atoms with Crippen molar-refractivity contribution >= 4 is 43.2 Å². The summed E-state index contributed by atoms with van der Waals surface area (Å²) >= 11 is 0. The molecule has 0 aliphatic heterocycles. The van der Waals surface area contributed by atoms with Crippen LogP contribution >= 0.6 is 0 Å².